The molecule has 0 saturated carbocycles. The first-order valence-electron chi connectivity index (χ1n) is 9.06. The molecule has 148 valence electrons. The van der Waals surface area contributed by atoms with Crippen LogP contribution in [0.4, 0.5) is 0 Å². The number of aliphatic hydroxyl groups is 1. The highest BCUT2D eigenvalue weighted by molar-refractivity contribution is 6.35. The van der Waals surface area contributed by atoms with Crippen LogP contribution in [-0.2, 0) is 13.2 Å². The zero-order valence-electron chi connectivity index (χ0n) is 16.0. The van der Waals surface area contributed by atoms with Gasteiger partial charge in [-0.25, -0.2) is 0 Å². The fourth-order valence-corrected chi connectivity index (χ4v) is 3.27. The van der Waals surface area contributed by atoms with Gasteiger partial charge in [0.1, 0.15) is 6.61 Å². The van der Waals surface area contributed by atoms with Crippen molar-refractivity contribution in [1.82, 2.24) is 5.32 Å². The average molecular weight is 412 g/mol. The molecule has 2 aromatic carbocycles. The normalized spacial score (nSPS) is 11.5. The van der Waals surface area contributed by atoms with Crippen LogP contribution in [0.5, 0.6) is 11.5 Å². The molecular weight excluding hydrogens is 385 g/mol. The molecule has 6 heteroatoms. The molecule has 0 amide bonds. The first-order chi connectivity index (χ1) is 13.0. The van der Waals surface area contributed by atoms with Gasteiger partial charge in [-0.2, -0.15) is 0 Å². The Labute approximate surface area is 171 Å². The summed E-state index contributed by atoms with van der Waals surface area (Å²) in [6.07, 6.45) is 1.72. The van der Waals surface area contributed by atoms with Gasteiger partial charge < -0.3 is 19.9 Å². The number of methoxy groups -OCH3 is 1. The summed E-state index contributed by atoms with van der Waals surface area (Å²) < 4.78 is 11.4. The van der Waals surface area contributed by atoms with Crippen LogP contribution in [0.2, 0.25) is 10.0 Å². The second kappa shape index (κ2) is 10.2. The molecule has 0 unspecified atom stereocenters. The fraction of sp³-hybridized carbons (Fsp3) is 0.429. The lowest BCUT2D eigenvalue weighted by Crippen LogP contribution is -2.47. The Kier molecular flexibility index (Phi) is 8.24. The van der Waals surface area contributed by atoms with Crippen LogP contribution >= 0.6 is 23.2 Å². The number of nitrogens with one attached hydrogen (secondary N) is 1. The highest BCUT2D eigenvalue weighted by Crippen LogP contribution is 2.30. The molecule has 0 radical (unpaired) electrons. The lowest BCUT2D eigenvalue weighted by molar-refractivity contribution is 0.149. The van der Waals surface area contributed by atoms with Gasteiger partial charge in [-0.1, -0.05) is 49.2 Å². The molecule has 4 nitrogen and oxygen atoms in total. The first-order valence-corrected chi connectivity index (χ1v) is 9.82. The van der Waals surface area contributed by atoms with Crippen LogP contribution in [-0.4, -0.2) is 24.4 Å². The second-order valence-corrected chi connectivity index (χ2v) is 7.35. The fourth-order valence-electron chi connectivity index (χ4n) is 2.80. The predicted octanol–water partition coefficient (Wildman–Crippen LogP) is 5.22. The molecule has 0 fully saturated rings. The largest absolute Gasteiger partial charge is 0.493 e. The van der Waals surface area contributed by atoms with Gasteiger partial charge in [0.2, 0.25) is 0 Å². The summed E-state index contributed by atoms with van der Waals surface area (Å²) in [5.74, 6) is 1.30. The lowest BCUT2D eigenvalue weighted by Gasteiger charge is -2.31. The van der Waals surface area contributed by atoms with Crippen molar-refractivity contribution in [2.75, 3.05) is 13.7 Å². The highest BCUT2D eigenvalue weighted by Gasteiger charge is 2.24. The highest BCUT2D eigenvalue weighted by atomic mass is 35.5. The van der Waals surface area contributed by atoms with Gasteiger partial charge >= 0.3 is 0 Å². The first kappa shape index (κ1) is 21.8. The standard InChI is InChI=1S/C21H27Cl2NO3/c1-4-21(5-2,14-25)24-12-15-6-9-19(20(10-15)26-3)27-13-16-7-8-17(22)11-18(16)23/h6-11,24-25H,4-5,12-14H2,1-3H3. The van der Waals surface area contributed by atoms with Gasteiger partial charge in [-0.15, -0.1) is 0 Å². The van der Waals surface area contributed by atoms with Gasteiger partial charge in [-0.3, -0.25) is 0 Å². The van der Waals surface area contributed by atoms with Crippen molar-refractivity contribution in [1.29, 1.82) is 0 Å². The van der Waals surface area contributed by atoms with Crippen molar-refractivity contribution in [2.45, 2.75) is 45.4 Å². The molecule has 27 heavy (non-hydrogen) atoms. The number of halogens is 2. The van der Waals surface area contributed by atoms with Gasteiger partial charge in [0.05, 0.1) is 13.7 Å². The van der Waals surface area contributed by atoms with Crippen molar-refractivity contribution in [3.63, 3.8) is 0 Å². The molecule has 0 aromatic heterocycles. The molecule has 2 aromatic rings. The van der Waals surface area contributed by atoms with Gasteiger partial charge in [0.25, 0.3) is 0 Å². The van der Waals surface area contributed by atoms with E-state index in [2.05, 4.69) is 19.2 Å². The number of benzene rings is 2. The summed E-state index contributed by atoms with van der Waals surface area (Å²) in [5.41, 5.74) is 1.66. The molecule has 2 rings (SSSR count). The third-order valence-corrected chi connectivity index (χ3v) is 5.54. The Balaban J connectivity index is 2.07. The van der Waals surface area contributed by atoms with E-state index in [1.165, 1.54) is 0 Å². The van der Waals surface area contributed by atoms with Crippen LogP contribution in [0.1, 0.15) is 37.8 Å². The summed E-state index contributed by atoms with van der Waals surface area (Å²) in [6.45, 7) is 5.23. The van der Waals surface area contributed by atoms with Crippen LogP contribution in [0.25, 0.3) is 0 Å². The van der Waals surface area contributed by atoms with Crippen LogP contribution in [0.3, 0.4) is 0 Å². The molecule has 0 spiro atoms. The number of hydrogen-bond donors (Lipinski definition) is 2. The molecule has 0 aliphatic carbocycles. The Morgan fingerprint density at radius 3 is 2.37 bits per heavy atom. The van der Waals surface area contributed by atoms with E-state index < -0.39 is 0 Å². The van der Waals surface area contributed by atoms with Crippen LogP contribution in [0, 0.1) is 0 Å². The predicted molar refractivity (Wildman–Crippen MR) is 111 cm³/mol. The molecular formula is C21H27Cl2NO3. The maximum Gasteiger partial charge on any atom is 0.161 e. The van der Waals surface area contributed by atoms with Gasteiger partial charge in [-0.05, 0) is 42.7 Å². The maximum atomic E-state index is 9.69. The van der Waals surface area contributed by atoms with E-state index in [0.29, 0.717) is 34.7 Å². The number of ether oxygens (including phenoxy) is 2. The lowest BCUT2D eigenvalue weighted by atomic mass is 9.93. The average Bonchev–Trinajstić information content (AvgIpc) is 2.69. The minimum absolute atomic E-state index is 0.111. The summed E-state index contributed by atoms with van der Waals surface area (Å²) in [7, 11) is 1.62. The van der Waals surface area contributed by atoms with Crippen molar-refractivity contribution in [3.05, 3.63) is 57.6 Å². The molecule has 0 saturated heterocycles. The van der Waals surface area contributed by atoms with Crippen molar-refractivity contribution < 1.29 is 14.6 Å². The minimum atomic E-state index is -0.256. The zero-order valence-corrected chi connectivity index (χ0v) is 17.5. The van der Waals surface area contributed by atoms with E-state index in [1.807, 2.05) is 24.3 Å². The monoisotopic (exact) mass is 411 g/mol. The topological polar surface area (TPSA) is 50.7 Å². The number of rotatable bonds is 10. The third kappa shape index (κ3) is 5.76. The summed E-state index contributed by atoms with van der Waals surface area (Å²) in [5, 5.41) is 14.3. The summed E-state index contributed by atoms with van der Waals surface area (Å²) in [6, 6.07) is 11.1. The zero-order chi connectivity index (χ0) is 19.9. The molecule has 0 bridgehead atoms. The Morgan fingerprint density at radius 1 is 1.04 bits per heavy atom. The quantitative estimate of drug-likeness (QED) is 0.562. The van der Waals surface area contributed by atoms with Gasteiger partial charge in [0.15, 0.2) is 11.5 Å². The van der Waals surface area contributed by atoms with Gasteiger partial charge in [0, 0.05) is 27.7 Å². The summed E-state index contributed by atoms with van der Waals surface area (Å²) in [4.78, 5) is 0. The van der Waals surface area contributed by atoms with E-state index in [4.69, 9.17) is 32.7 Å². The smallest absolute Gasteiger partial charge is 0.161 e. The Hall–Kier alpha value is -1.46. The molecule has 0 heterocycles. The Bertz CT molecular complexity index is 740. The molecule has 0 aliphatic heterocycles. The van der Waals surface area contributed by atoms with Crippen molar-refractivity contribution in [3.8, 4) is 11.5 Å². The molecule has 2 N–H and O–H groups in total. The minimum Gasteiger partial charge on any atom is -0.493 e. The molecule has 0 atom stereocenters. The summed E-state index contributed by atoms with van der Waals surface area (Å²) >= 11 is 12.1. The van der Waals surface area contributed by atoms with E-state index in [-0.39, 0.29) is 12.1 Å². The van der Waals surface area contributed by atoms with E-state index in [9.17, 15) is 5.11 Å². The SMILES string of the molecule is CCC(CC)(CO)NCc1ccc(OCc2ccc(Cl)cc2Cl)c(OC)c1. The third-order valence-electron chi connectivity index (χ3n) is 4.95. The molecule has 0 aliphatic rings. The Morgan fingerprint density at radius 2 is 1.78 bits per heavy atom. The van der Waals surface area contributed by atoms with E-state index in [0.717, 1.165) is 24.0 Å². The van der Waals surface area contributed by atoms with Crippen LogP contribution < -0.4 is 14.8 Å². The maximum absolute atomic E-state index is 9.69. The van der Waals surface area contributed by atoms with E-state index >= 15 is 0 Å². The number of aliphatic hydroxyl groups excluding tert-OH is 1. The van der Waals surface area contributed by atoms with Crippen molar-refractivity contribution >= 4 is 23.2 Å². The van der Waals surface area contributed by atoms with E-state index in [1.54, 1.807) is 19.2 Å². The van der Waals surface area contributed by atoms with Crippen LogP contribution in [0.15, 0.2) is 36.4 Å². The van der Waals surface area contributed by atoms with Crippen molar-refractivity contribution in [2.24, 2.45) is 0 Å². The number of hydrogen-bond acceptors (Lipinski definition) is 4. The second-order valence-electron chi connectivity index (χ2n) is 6.51.